The van der Waals surface area contributed by atoms with E-state index < -0.39 is 10.0 Å². The Balaban J connectivity index is 1.46. The molecule has 4 atom stereocenters. The van der Waals surface area contributed by atoms with Crippen LogP contribution in [0.3, 0.4) is 0 Å². The lowest BCUT2D eigenvalue weighted by molar-refractivity contribution is 0.0730. The predicted octanol–water partition coefficient (Wildman–Crippen LogP) is 2.26. The second-order valence-electron chi connectivity index (χ2n) is 8.15. The van der Waals surface area contributed by atoms with Gasteiger partial charge < -0.3 is 10.1 Å². The van der Waals surface area contributed by atoms with E-state index in [1.807, 2.05) is 0 Å². The Morgan fingerprint density at radius 2 is 2.00 bits per heavy atom. The van der Waals surface area contributed by atoms with Gasteiger partial charge in [-0.3, -0.25) is 4.79 Å². The molecule has 2 bridgehead atoms. The summed E-state index contributed by atoms with van der Waals surface area (Å²) in [5.41, 5.74) is 0.402. The van der Waals surface area contributed by atoms with Gasteiger partial charge in [-0.2, -0.15) is 4.31 Å². The summed E-state index contributed by atoms with van der Waals surface area (Å²) >= 11 is 0. The first-order chi connectivity index (χ1) is 12.9. The Morgan fingerprint density at radius 1 is 1.22 bits per heavy atom. The molecule has 1 N–H and O–H groups in total. The highest BCUT2D eigenvalue weighted by Gasteiger charge is 2.42. The van der Waals surface area contributed by atoms with E-state index in [0.717, 1.165) is 11.8 Å². The van der Waals surface area contributed by atoms with Crippen molar-refractivity contribution in [3.8, 4) is 0 Å². The summed E-state index contributed by atoms with van der Waals surface area (Å²) in [6.07, 6.45) is 5.13. The highest BCUT2D eigenvalue weighted by molar-refractivity contribution is 7.89. The largest absolute Gasteiger partial charge is 0.379 e. The zero-order chi connectivity index (χ0) is 19.0. The number of carbonyl (C=O) groups is 1. The van der Waals surface area contributed by atoms with Crippen LogP contribution in [0.15, 0.2) is 29.2 Å². The fourth-order valence-electron chi connectivity index (χ4n) is 5.04. The summed E-state index contributed by atoms with van der Waals surface area (Å²) in [5, 5.41) is 3.11. The van der Waals surface area contributed by atoms with Crippen LogP contribution in [0.25, 0.3) is 0 Å². The summed E-state index contributed by atoms with van der Waals surface area (Å²) in [7, 11) is -3.60. The number of morpholine rings is 1. The van der Waals surface area contributed by atoms with E-state index in [1.165, 1.54) is 36.1 Å². The number of fused-ring (bicyclic) bond motifs is 2. The van der Waals surface area contributed by atoms with Crippen molar-refractivity contribution in [3.05, 3.63) is 29.8 Å². The van der Waals surface area contributed by atoms with E-state index in [2.05, 4.69) is 12.2 Å². The van der Waals surface area contributed by atoms with E-state index in [1.54, 1.807) is 18.2 Å². The minimum atomic E-state index is -3.60. The lowest BCUT2D eigenvalue weighted by atomic mass is 9.84. The van der Waals surface area contributed by atoms with Crippen molar-refractivity contribution < 1.29 is 17.9 Å². The van der Waals surface area contributed by atoms with Crippen LogP contribution in [-0.4, -0.2) is 51.0 Å². The minimum Gasteiger partial charge on any atom is -0.379 e. The van der Waals surface area contributed by atoms with Gasteiger partial charge in [-0.15, -0.1) is 0 Å². The van der Waals surface area contributed by atoms with Gasteiger partial charge >= 0.3 is 0 Å². The molecule has 3 aliphatic rings. The Labute approximate surface area is 161 Å². The lowest BCUT2D eigenvalue weighted by Crippen LogP contribution is -2.41. The first-order valence-electron chi connectivity index (χ1n) is 9.94. The summed E-state index contributed by atoms with van der Waals surface area (Å²) in [6.45, 7) is 3.58. The molecule has 27 heavy (non-hydrogen) atoms. The molecular weight excluding hydrogens is 364 g/mol. The fourth-order valence-corrected chi connectivity index (χ4v) is 6.49. The van der Waals surface area contributed by atoms with Crippen molar-refractivity contribution >= 4 is 15.9 Å². The maximum atomic E-state index is 12.8. The first kappa shape index (κ1) is 18.9. The third kappa shape index (κ3) is 3.77. The number of benzene rings is 1. The summed E-state index contributed by atoms with van der Waals surface area (Å²) in [4.78, 5) is 12.9. The van der Waals surface area contributed by atoms with Crippen molar-refractivity contribution in [1.82, 2.24) is 9.62 Å². The number of ether oxygens (including phenoxy) is 1. The molecule has 7 heteroatoms. The maximum Gasteiger partial charge on any atom is 0.251 e. The molecule has 6 nitrogen and oxygen atoms in total. The average molecular weight is 393 g/mol. The Bertz CT molecular complexity index is 804. The van der Waals surface area contributed by atoms with Crippen LogP contribution >= 0.6 is 0 Å². The lowest BCUT2D eigenvalue weighted by Gasteiger charge is -2.28. The molecular formula is C20H28N2O4S. The van der Waals surface area contributed by atoms with E-state index in [0.29, 0.717) is 37.8 Å². The quantitative estimate of drug-likeness (QED) is 0.834. The van der Waals surface area contributed by atoms with Crippen molar-refractivity contribution in [2.45, 2.75) is 43.5 Å². The second kappa shape index (κ2) is 7.53. The molecule has 1 heterocycles. The van der Waals surface area contributed by atoms with Crippen LogP contribution < -0.4 is 5.32 Å². The fraction of sp³-hybridized carbons (Fsp3) is 0.650. The molecule has 1 saturated heterocycles. The smallest absolute Gasteiger partial charge is 0.251 e. The molecule has 0 spiro atoms. The van der Waals surface area contributed by atoms with Crippen molar-refractivity contribution in [2.24, 2.45) is 17.8 Å². The number of rotatable bonds is 5. The molecule has 0 aromatic heterocycles. The molecule has 1 aromatic rings. The van der Waals surface area contributed by atoms with E-state index >= 15 is 0 Å². The van der Waals surface area contributed by atoms with Gasteiger partial charge in [0, 0.05) is 24.7 Å². The highest BCUT2D eigenvalue weighted by Crippen LogP contribution is 2.49. The molecule has 0 radical (unpaired) electrons. The Hall–Kier alpha value is -1.44. The molecule has 3 fully saturated rings. The average Bonchev–Trinajstić information content (AvgIpc) is 3.32. The van der Waals surface area contributed by atoms with Crippen molar-refractivity contribution in [3.63, 3.8) is 0 Å². The monoisotopic (exact) mass is 392 g/mol. The molecule has 2 saturated carbocycles. The molecule has 2 aliphatic carbocycles. The van der Waals surface area contributed by atoms with Gasteiger partial charge in [-0.25, -0.2) is 8.42 Å². The number of nitrogens with one attached hydrogen (secondary N) is 1. The molecule has 4 rings (SSSR count). The number of hydrogen-bond acceptors (Lipinski definition) is 4. The third-order valence-electron chi connectivity index (χ3n) is 6.50. The first-order valence-corrected chi connectivity index (χ1v) is 11.4. The molecule has 1 aromatic carbocycles. The number of carbonyl (C=O) groups excluding carboxylic acids is 1. The van der Waals surface area contributed by atoms with Gasteiger partial charge in [0.05, 0.1) is 18.1 Å². The predicted molar refractivity (Wildman–Crippen MR) is 102 cm³/mol. The van der Waals surface area contributed by atoms with Crippen molar-refractivity contribution in [1.29, 1.82) is 0 Å². The summed E-state index contributed by atoms with van der Waals surface area (Å²) < 4.78 is 32.3. The SMILES string of the molecule is CC(NC(=O)c1cccc(S(=O)(=O)N2CCOCC2)c1)C1CC2CCC1C2. The highest BCUT2D eigenvalue weighted by atomic mass is 32.2. The van der Waals surface area contributed by atoms with Gasteiger partial charge in [0.1, 0.15) is 0 Å². The van der Waals surface area contributed by atoms with Crippen LogP contribution in [-0.2, 0) is 14.8 Å². The van der Waals surface area contributed by atoms with Crippen LogP contribution in [0.2, 0.25) is 0 Å². The summed E-state index contributed by atoms with van der Waals surface area (Å²) in [5.74, 6) is 1.93. The second-order valence-corrected chi connectivity index (χ2v) is 10.1. The normalized spacial score (nSPS) is 29.6. The zero-order valence-electron chi connectivity index (χ0n) is 15.8. The van der Waals surface area contributed by atoms with E-state index in [9.17, 15) is 13.2 Å². The van der Waals surface area contributed by atoms with Crippen LogP contribution in [0.1, 0.15) is 43.0 Å². The Kier molecular flexibility index (Phi) is 5.27. The van der Waals surface area contributed by atoms with E-state index in [-0.39, 0.29) is 16.8 Å². The minimum absolute atomic E-state index is 0.118. The van der Waals surface area contributed by atoms with Gasteiger partial charge in [-0.1, -0.05) is 12.5 Å². The van der Waals surface area contributed by atoms with Gasteiger partial charge in [0.2, 0.25) is 10.0 Å². The van der Waals surface area contributed by atoms with Crippen LogP contribution in [0.5, 0.6) is 0 Å². The number of sulfonamides is 1. The molecule has 1 aliphatic heterocycles. The summed E-state index contributed by atoms with van der Waals surface area (Å²) in [6, 6.07) is 6.49. The van der Waals surface area contributed by atoms with Gasteiger partial charge in [0.25, 0.3) is 5.91 Å². The molecule has 4 unspecified atom stereocenters. The maximum absolute atomic E-state index is 12.8. The van der Waals surface area contributed by atoms with Gasteiger partial charge in [0.15, 0.2) is 0 Å². The molecule has 1 amide bonds. The third-order valence-corrected chi connectivity index (χ3v) is 8.39. The Morgan fingerprint density at radius 3 is 2.67 bits per heavy atom. The zero-order valence-corrected chi connectivity index (χ0v) is 16.6. The van der Waals surface area contributed by atoms with Crippen LogP contribution in [0, 0.1) is 17.8 Å². The van der Waals surface area contributed by atoms with Crippen molar-refractivity contribution in [2.75, 3.05) is 26.3 Å². The topological polar surface area (TPSA) is 75.7 Å². The van der Waals surface area contributed by atoms with E-state index in [4.69, 9.17) is 4.74 Å². The molecule has 148 valence electrons. The van der Waals surface area contributed by atoms with Crippen LogP contribution in [0.4, 0.5) is 0 Å². The number of nitrogens with zero attached hydrogens (tertiary/aromatic N) is 1. The standard InChI is InChI=1S/C20H28N2O4S/c1-14(19-12-15-5-6-16(19)11-15)21-20(23)17-3-2-4-18(13-17)27(24,25)22-7-9-26-10-8-22/h2-4,13-16,19H,5-12H2,1H3,(H,21,23). The number of amides is 1. The number of hydrogen-bond donors (Lipinski definition) is 1. The van der Waals surface area contributed by atoms with Gasteiger partial charge in [-0.05, 0) is 62.1 Å².